The van der Waals surface area contributed by atoms with E-state index in [2.05, 4.69) is 10.2 Å². The van der Waals surface area contributed by atoms with Crippen molar-refractivity contribution in [1.29, 1.82) is 0 Å². The third kappa shape index (κ3) is 5.26. The molecule has 2 aromatic rings. The molecule has 0 unspecified atom stereocenters. The molecule has 3 rings (SSSR count). The first kappa shape index (κ1) is 20.7. The zero-order chi connectivity index (χ0) is 20.3. The van der Waals surface area contributed by atoms with Crippen molar-refractivity contribution < 1.29 is 18.7 Å². The van der Waals surface area contributed by atoms with Crippen LogP contribution in [0.1, 0.15) is 55.9 Å². The molecule has 1 fully saturated rings. The zero-order valence-corrected chi connectivity index (χ0v) is 17.5. The first-order chi connectivity index (χ1) is 13.2. The summed E-state index contributed by atoms with van der Waals surface area (Å²) < 4.78 is 11.2. The largest absolute Gasteiger partial charge is 0.444 e. The van der Waals surface area contributed by atoms with Crippen molar-refractivity contribution in [2.24, 2.45) is 0 Å². The van der Waals surface area contributed by atoms with Crippen LogP contribution in [0.3, 0.4) is 0 Å². The van der Waals surface area contributed by atoms with E-state index in [0.717, 1.165) is 12.8 Å². The predicted octanol–water partition coefficient (Wildman–Crippen LogP) is 4.77. The van der Waals surface area contributed by atoms with Gasteiger partial charge in [-0.05, 0) is 57.9 Å². The number of hydrogen-bond acceptors (Lipinski definition) is 7. The molecule has 0 N–H and O–H groups in total. The molecule has 1 aliphatic heterocycles. The number of hydrogen-bond donors (Lipinski definition) is 0. The number of ether oxygens (including phenoxy) is 1. The molecule has 1 amide bonds. The Bertz CT molecular complexity index is 848. The fraction of sp³-hybridized carbons (Fsp3) is 0.474. The number of carbonyl (C=O) groups excluding carboxylic acids is 2. The van der Waals surface area contributed by atoms with Crippen LogP contribution >= 0.6 is 23.4 Å². The second-order valence-corrected chi connectivity index (χ2v) is 8.82. The van der Waals surface area contributed by atoms with E-state index < -0.39 is 5.60 Å². The number of benzene rings is 1. The number of rotatable bonds is 5. The van der Waals surface area contributed by atoms with E-state index >= 15 is 0 Å². The van der Waals surface area contributed by atoms with Crippen molar-refractivity contribution in [3.8, 4) is 0 Å². The van der Waals surface area contributed by atoms with Crippen LogP contribution in [-0.2, 0) is 4.74 Å². The minimum absolute atomic E-state index is 0.0577. The molecule has 150 valence electrons. The number of thioether (sulfide) groups is 1. The second-order valence-electron chi connectivity index (χ2n) is 7.46. The van der Waals surface area contributed by atoms with E-state index in [-0.39, 0.29) is 23.7 Å². The number of Topliss-reactive ketones (excluding diaryl/α,β-unsaturated/α-hetero) is 1. The maximum Gasteiger partial charge on any atom is 0.410 e. The summed E-state index contributed by atoms with van der Waals surface area (Å²) in [6.45, 7) is 6.07. The average Bonchev–Trinajstić information content (AvgIpc) is 3.28. The Morgan fingerprint density at radius 1 is 1.29 bits per heavy atom. The highest BCUT2D eigenvalue weighted by molar-refractivity contribution is 7.99. The fourth-order valence-electron chi connectivity index (χ4n) is 2.82. The van der Waals surface area contributed by atoms with Crippen LogP contribution in [0.4, 0.5) is 4.79 Å². The summed E-state index contributed by atoms with van der Waals surface area (Å²) in [6, 6.07) is 6.41. The van der Waals surface area contributed by atoms with Gasteiger partial charge in [-0.1, -0.05) is 23.4 Å². The Labute approximate surface area is 172 Å². The van der Waals surface area contributed by atoms with Crippen molar-refractivity contribution in [2.75, 3.05) is 12.3 Å². The molecule has 1 aromatic carbocycles. The number of halogens is 1. The topological polar surface area (TPSA) is 85.5 Å². The minimum atomic E-state index is -0.567. The van der Waals surface area contributed by atoms with Crippen molar-refractivity contribution in [3.63, 3.8) is 0 Å². The van der Waals surface area contributed by atoms with E-state index in [1.807, 2.05) is 20.8 Å². The highest BCUT2D eigenvalue weighted by Crippen LogP contribution is 2.33. The molecule has 1 saturated heterocycles. The summed E-state index contributed by atoms with van der Waals surface area (Å²) in [5.74, 6) is 0.478. The smallest absolute Gasteiger partial charge is 0.410 e. The lowest BCUT2D eigenvalue weighted by molar-refractivity contribution is 0.0201. The molecule has 28 heavy (non-hydrogen) atoms. The quantitative estimate of drug-likeness (QED) is 0.505. The Morgan fingerprint density at radius 2 is 2.00 bits per heavy atom. The SMILES string of the molecule is CC(C)(C)OC(=O)N1CCC[C@H]1c1nnc(SCC(=O)c2ccc(Cl)cc2)o1. The van der Waals surface area contributed by atoms with Gasteiger partial charge in [0.15, 0.2) is 5.78 Å². The third-order valence-corrected chi connectivity index (χ3v) is 5.15. The standard InChI is InChI=1S/C19H22ClN3O4S/c1-19(2,3)27-18(25)23-10-4-5-14(23)16-21-22-17(26-16)28-11-15(24)12-6-8-13(20)9-7-12/h6-9,14H,4-5,10-11H2,1-3H3/t14-/m0/s1. The first-order valence-electron chi connectivity index (χ1n) is 8.97. The number of carbonyl (C=O) groups is 2. The molecule has 7 nitrogen and oxygen atoms in total. The lowest BCUT2D eigenvalue weighted by Crippen LogP contribution is -2.36. The van der Waals surface area contributed by atoms with Gasteiger partial charge in [0.1, 0.15) is 11.6 Å². The average molecular weight is 424 g/mol. The monoisotopic (exact) mass is 423 g/mol. The van der Waals surface area contributed by atoms with E-state index in [1.165, 1.54) is 11.8 Å². The first-order valence-corrected chi connectivity index (χ1v) is 10.3. The highest BCUT2D eigenvalue weighted by atomic mass is 35.5. The van der Waals surface area contributed by atoms with Crippen molar-refractivity contribution in [1.82, 2.24) is 15.1 Å². The molecular weight excluding hydrogens is 402 g/mol. The molecule has 2 heterocycles. The van der Waals surface area contributed by atoms with Crippen LogP contribution in [0.25, 0.3) is 0 Å². The Kier molecular flexibility index (Phi) is 6.30. The van der Waals surface area contributed by atoms with E-state index in [9.17, 15) is 9.59 Å². The van der Waals surface area contributed by atoms with Gasteiger partial charge in [0, 0.05) is 17.1 Å². The minimum Gasteiger partial charge on any atom is -0.444 e. The summed E-state index contributed by atoms with van der Waals surface area (Å²) >= 11 is 7.01. The highest BCUT2D eigenvalue weighted by Gasteiger charge is 2.36. The predicted molar refractivity (Wildman–Crippen MR) is 106 cm³/mol. The lowest BCUT2D eigenvalue weighted by Gasteiger charge is -2.27. The van der Waals surface area contributed by atoms with Gasteiger partial charge in [0.05, 0.1) is 5.75 Å². The Morgan fingerprint density at radius 3 is 2.68 bits per heavy atom. The van der Waals surface area contributed by atoms with Crippen molar-refractivity contribution >= 4 is 35.2 Å². The molecule has 0 radical (unpaired) electrons. The zero-order valence-electron chi connectivity index (χ0n) is 16.0. The summed E-state index contributed by atoms with van der Waals surface area (Å²) in [5, 5.41) is 8.96. The van der Waals surface area contributed by atoms with Crippen LogP contribution in [0.5, 0.6) is 0 Å². The van der Waals surface area contributed by atoms with Gasteiger partial charge in [0.25, 0.3) is 5.22 Å². The normalized spacial score (nSPS) is 17.0. The van der Waals surface area contributed by atoms with Crippen LogP contribution in [0.2, 0.25) is 5.02 Å². The molecular formula is C19H22ClN3O4S. The number of likely N-dealkylation sites (tertiary alicyclic amines) is 1. The molecule has 1 aromatic heterocycles. The lowest BCUT2D eigenvalue weighted by atomic mass is 10.1. The molecule has 1 aliphatic rings. The van der Waals surface area contributed by atoms with Gasteiger partial charge < -0.3 is 9.15 Å². The summed E-state index contributed by atoms with van der Waals surface area (Å²) in [4.78, 5) is 26.3. The molecule has 1 atom stereocenters. The molecule has 9 heteroatoms. The second kappa shape index (κ2) is 8.53. The maximum absolute atomic E-state index is 12.4. The van der Waals surface area contributed by atoms with Crippen molar-refractivity contribution in [2.45, 2.75) is 50.5 Å². The molecule has 0 aliphatic carbocycles. The van der Waals surface area contributed by atoms with Gasteiger partial charge in [-0.3, -0.25) is 9.69 Å². The molecule has 0 bridgehead atoms. The van der Waals surface area contributed by atoms with Gasteiger partial charge >= 0.3 is 6.09 Å². The van der Waals surface area contributed by atoms with Crippen LogP contribution in [-0.4, -0.2) is 44.9 Å². The van der Waals surface area contributed by atoms with E-state index in [1.54, 1.807) is 29.2 Å². The number of aromatic nitrogens is 2. The fourth-order valence-corrected chi connectivity index (χ4v) is 3.61. The Hall–Kier alpha value is -2.06. The third-order valence-electron chi connectivity index (χ3n) is 4.08. The summed E-state index contributed by atoms with van der Waals surface area (Å²) in [7, 11) is 0. The summed E-state index contributed by atoms with van der Waals surface area (Å²) in [5.41, 5.74) is 0.00536. The molecule has 0 spiro atoms. The van der Waals surface area contributed by atoms with Gasteiger partial charge in [-0.25, -0.2) is 4.79 Å². The molecule has 0 saturated carbocycles. The van der Waals surface area contributed by atoms with Crippen LogP contribution in [0.15, 0.2) is 33.9 Å². The van der Waals surface area contributed by atoms with Gasteiger partial charge in [-0.2, -0.15) is 0 Å². The number of ketones is 1. The van der Waals surface area contributed by atoms with E-state index in [4.69, 9.17) is 20.8 Å². The number of amides is 1. The number of nitrogens with zero attached hydrogens (tertiary/aromatic N) is 3. The van der Waals surface area contributed by atoms with Crippen LogP contribution in [0, 0.1) is 0 Å². The van der Waals surface area contributed by atoms with Crippen molar-refractivity contribution in [3.05, 3.63) is 40.7 Å². The van der Waals surface area contributed by atoms with Gasteiger partial charge in [-0.15, -0.1) is 10.2 Å². The Balaban J connectivity index is 1.60. The van der Waals surface area contributed by atoms with E-state index in [0.29, 0.717) is 28.2 Å². The maximum atomic E-state index is 12.4. The van der Waals surface area contributed by atoms with Crippen LogP contribution < -0.4 is 0 Å². The van der Waals surface area contributed by atoms with Gasteiger partial charge in [0.2, 0.25) is 5.89 Å². The summed E-state index contributed by atoms with van der Waals surface area (Å²) in [6.07, 6.45) is 1.18.